The molecule has 18 heavy (non-hydrogen) atoms. The van der Waals surface area contributed by atoms with Gasteiger partial charge in [-0.2, -0.15) is 0 Å². The Hall–Kier alpha value is -1.40. The highest BCUT2D eigenvalue weighted by atomic mass is 32.2. The van der Waals surface area contributed by atoms with Crippen LogP contribution in [0.5, 0.6) is 0 Å². The molecule has 0 saturated heterocycles. The van der Waals surface area contributed by atoms with E-state index in [4.69, 9.17) is 0 Å². The van der Waals surface area contributed by atoms with Gasteiger partial charge in [-0.3, -0.25) is 4.79 Å². The number of nitrogens with zero attached hydrogens (tertiary/aromatic N) is 2. The Morgan fingerprint density at radius 2 is 2.50 bits per heavy atom. The van der Waals surface area contributed by atoms with Gasteiger partial charge in [0.2, 0.25) is 5.91 Å². The number of carbonyl (C=O) groups is 1. The first-order valence-electron chi connectivity index (χ1n) is 5.46. The minimum absolute atomic E-state index is 0.0109. The third-order valence-corrected chi connectivity index (χ3v) is 4.43. The lowest BCUT2D eigenvalue weighted by Gasteiger charge is -2.10. The Bertz CT molecular complexity index is 567. The van der Waals surface area contributed by atoms with Crippen molar-refractivity contribution < 1.29 is 4.79 Å². The quantitative estimate of drug-likeness (QED) is 0.519. The number of thiophene rings is 1. The fraction of sp³-hybridized carbons (Fsp3) is 0.250. The number of amides is 1. The lowest BCUT2D eigenvalue weighted by atomic mass is 10.4. The molecule has 2 aromatic heterocycles. The summed E-state index contributed by atoms with van der Waals surface area (Å²) in [7, 11) is 0. The summed E-state index contributed by atoms with van der Waals surface area (Å²) in [5.41, 5.74) is 0.927. The summed E-state index contributed by atoms with van der Waals surface area (Å²) >= 11 is 3.04. The summed E-state index contributed by atoms with van der Waals surface area (Å²) in [6, 6.07) is 1.95. The van der Waals surface area contributed by atoms with Gasteiger partial charge in [-0.1, -0.05) is 17.8 Å². The molecule has 1 N–H and O–H groups in total. The molecule has 2 rings (SSSR count). The standard InChI is InChI=1S/C12H13N3OS2/c1-3-5-13-11(16)8(2)18-12-10-9(4-6-17-10)14-7-15-12/h3-4,6-8H,1,5H2,2H3,(H,13,16). The van der Waals surface area contributed by atoms with Gasteiger partial charge in [-0.15, -0.1) is 17.9 Å². The highest BCUT2D eigenvalue weighted by Gasteiger charge is 2.16. The molecule has 0 fully saturated rings. The van der Waals surface area contributed by atoms with Crippen molar-refractivity contribution in [3.63, 3.8) is 0 Å². The van der Waals surface area contributed by atoms with Crippen molar-refractivity contribution >= 4 is 39.2 Å². The van der Waals surface area contributed by atoms with Crippen molar-refractivity contribution in [1.82, 2.24) is 15.3 Å². The summed E-state index contributed by atoms with van der Waals surface area (Å²) < 4.78 is 1.03. The number of hydrogen-bond donors (Lipinski definition) is 1. The lowest BCUT2D eigenvalue weighted by Crippen LogP contribution is -2.30. The first kappa shape index (κ1) is 13.0. The van der Waals surface area contributed by atoms with E-state index in [1.54, 1.807) is 17.4 Å². The van der Waals surface area contributed by atoms with Crippen LogP contribution in [0.15, 0.2) is 35.5 Å². The van der Waals surface area contributed by atoms with E-state index in [9.17, 15) is 4.79 Å². The van der Waals surface area contributed by atoms with E-state index in [1.165, 1.54) is 18.1 Å². The van der Waals surface area contributed by atoms with Gasteiger partial charge in [-0.05, 0) is 18.4 Å². The van der Waals surface area contributed by atoms with Crippen molar-refractivity contribution in [3.05, 3.63) is 30.4 Å². The van der Waals surface area contributed by atoms with Crippen molar-refractivity contribution in [2.45, 2.75) is 17.2 Å². The summed E-state index contributed by atoms with van der Waals surface area (Å²) in [6.45, 7) is 5.92. The molecule has 4 nitrogen and oxygen atoms in total. The van der Waals surface area contributed by atoms with Gasteiger partial charge < -0.3 is 5.32 Å². The third kappa shape index (κ3) is 2.88. The summed E-state index contributed by atoms with van der Waals surface area (Å²) in [6.07, 6.45) is 3.20. The molecule has 1 unspecified atom stereocenters. The summed E-state index contributed by atoms with van der Waals surface area (Å²) in [4.78, 5) is 20.2. The predicted octanol–water partition coefficient (Wildman–Crippen LogP) is 2.47. The minimum Gasteiger partial charge on any atom is -0.352 e. The van der Waals surface area contributed by atoms with Crippen LogP contribution in [-0.2, 0) is 4.79 Å². The van der Waals surface area contributed by atoms with E-state index in [2.05, 4.69) is 21.9 Å². The van der Waals surface area contributed by atoms with E-state index in [0.717, 1.165) is 15.2 Å². The number of rotatable bonds is 5. The van der Waals surface area contributed by atoms with E-state index in [0.29, 0.717) is 6.54 Å². The molecule has 0 aliphatic rings. The van der Waals surface area contributed by atoms with Crippen LogP contribution in [0.25, 0.3) is 10.2 Å². The molecule has 0 aliphatic carbocycles. The summed E-state index contributed by atoms with van der Waals surface area (Å²) in [5.74, 6) is -0.0109. The molecule has 1 atom stereocenters. The third-order valence-electron chi connectivity index (χ3n) is 2.29. The zero-order chi connectivity index (χ0) is 13.0. The molecule has 0 bridgehead atoms. The average Bonchev–Trinajstić information content (AvgIpc) is 2.85. The highest BCUT2D eigenvalue weighted by molar-refractivity contribution is 8.00. The molecule has 1 amide bonds. The zero-order valence-corrected chi connectivity index (χ0v) is 11.6. The number of nitrogens with one attached hydrogen (secondary N) is 1. The fourth-order valence-electron chi connectivity index (χ4n) is 1.39. The van der Waals surface area contributed by atoms with Crippen LogP contribution in [0.4, 0.5) is 0 Å². The fourth-order valence-corrected chi connectivity index (χ4v) is 3.25. The van der Waals surface area contributed by atoms with Crippen LogP contribution >= 0.6 is 23.1 Å². The van der Waals surface area contributed by atoms with Gasteiger partial charge in [0.15, 0.2) is 0 Å². The maximum Gasteiger partial charge on any atom is 0.233 e. The normalized spacial score (nSPS) is 12.3. The molecule has 0 saturated carbocycles. The van der Waals surface area contributed by atoms with Crippen LogP contribution < -0.4 is 5.32 Å². The Morgan fingerprint density at radius 1 is 1.67 bits per heavy atom. The highest BCUT2D eigenvalue weighted by Crippen LogP contribution is 2.31. The van der Waals surface area contributed by atoms with Crippen LogP contribution in [0.2, 0.25) is 0 Å². The molecule has 2 heterocycles. The van der Waals surface area contributed by atoms with E-state index in [1.807, 2.05) is 18.4 Å². The van der Waals surface area contributed by atoms with Gasteiger partial charge in [0, 0.05) is 6.54 Å². The largest absolute Gasteiger partial charge is 0.352 e. The molecule has 2 aromatic rings. The molecular formula is C12H13N3OS2. The Kier molecular flexibility index (Phi) is 4.33. The topological polar surface area (TPSA) is 54.9 Å². The van der Waals surface area contributed by atoms with Gasteiger partial charge in [0.25, 0.3) is 0 Å². The second-order valence-electron chi connectivity index (χ2n) is 3.61. The van der Waals surface area contributed by atoms with Crippen molar-refractivity contribution in [2.24, 2.45) is 0 Å². The molecule has 6 heteroatoms. The molecule has 94 valence electrons. The Labute approximate surface area is 114 Å². The molecule has 0 aliphatic heterocycles. The smallest absolute Gasteiger partial charge is 0.233 e. The SMILES string of the molecule is C=CCNC(=O)C(C)Sc1ncnc2ccsc12. The molecule has 0 radical (unpaired) electrons. The van der Waals surface area contributed by atoms with Crippen molar-refractivity contribution in [1.29, 1.82) is 0 Å². The Morgan fingerprint density at radius 3 is 3.28 bits per heavy atom. The van der Waals surface area contributed by atoms with Crippen LogP contribution in [0.3, 0.4) is 0 Å². The van der Waals surface area contributed by atoms with Gasteiger partial charge in [0.1, 0.15) is 11.4 Å². The van der Waals surface area contributed by atoms with Crippen molar-refractivity contribution in [3.8, 4) is 0 Å². The van der Waals surface area contributed by atoms with Gasteiger partial charge in [-0.25, -0.2) is 9.97 Å². The van der Waals surface area contributed by atoms with E-state index >= 15 is 0 Å². The minimum atomic E-state index is -0.190. The second kappa shape index (κ2) is 5.97. The van der Waals surface area contributed by atoms with Gasteiger partial charge in [0.05, 0.1) is 15.5 Å². The number of hydrogen-bond acceptors (Lipinski definition) is 5. The number of aromatic nitrogens is 2. The van der Waals surface area contributed by atoms with Crippen LogP contribution in [-0.4, -0.2) is 27.7 Å². The maximum atomic E-state index is 11.8. The van der Waals surface area contributed by atoms with Crippen LogP contribution in [0.1, 0.15) is 6.92 Å². The maximum absolute atomic E-state index is 11.8. The molecular weight excluding hydrogens is 266 g/mol. The van der Waals surface area contributed by atoms with E-state index < -0.39 is 0 Å². The monoisotopic (exact) mass is 279 g/mol. The first-order valence-corrected chi connectivity index (χ1v) is 7.21. The van der Waals surface area contributed by atoms with Crippen molar-refractivity contribution in [2.75, 3.05) is 6.54 Å². The predicted molar refractivity (Wildman–Crippen MR) is 75.9 cm³/mol. The number of thioether (sulfide) groups is 1. The summed E-state index contributed by atoms with van der Waals surface area (Å²) in [5, 5.41) is 5.42. The zero-order valence-electron chi connectivity index (χ0n) is 9.92. The van der Waals surface area contributed by atoms with Crippen LogP contribution in [0, 0.1) is 0 Å². The second-order valence-corrected chi connectivity index (χ2v) is 5.85. The average molecular weight is 279 g/mol. The molecule has 0 spiro atoms. The van der Waals surface area contributed by atoms with E-state index in [-0.39, 0.29) is 11.2 Å². The lowest BCUT2D eigenvalue weighted by molar-refractivity contribution is -0.120. The van der Waals surface area contributed by atoms with Gasteiger partial charge >= 0.3 is 0 Å². The molecule has 0 aromatic carbocycles. The Balaban J connectivity index is 2.11. The number of carbonyl (C=O) groups excluding carboxylic acids is 1. The first-order chi connectivity index (χ1) is 8.72. The number of fused-ring (bicyclic) bond motifs is 1.